The first kappa shape index (κ1) is 20.9. The molecule has 3 rings (SSSR count). The molecule has 0 aliphatic heterocycles. The van der Waals surface area contributed by atoms with Gasteiger partial charge in [-0.25, -0.2) is 23.1 Å². The smallest absolute Gasteiger partial charge is 0.319 e. The summed E-state index contributed by atoms with van der Waals surface area (Å²) in [6, 6.07) is 6.87. The first-order valence-electron chi connectivity index (χ1n) is 8.67. The van der Waals surface area contributed by atoms with Gasteiger partial charge in [0.25, 0.3) is 0 Å². The molecule has 0 aliphatic rings. The van der Waals surface area contributed by atoms with Crippen molar-refractivity contribution in [3.63, 3.8) is 0 Å². The number of sulfone groups is 1. The van der Waals surface area contributed by atoms with Crippen LogP contribution in [0.4, 0.5) is 11.5 Å². The van der Waals surface area contributed by atoms with Gasteiger partial charge in [0.2, 0.25) is 5.82 Å². The number of hydrogen-bond acceptors (Lipinski definition) is 9. The second-order valence-electron chi connectivity index (χ2n) is 6.57. The van der Waals surface area contributed by atoms with Crippen LogP contribution in [0.15, 0.2) is 43.0 Å². The van der Waals surface area contributed by atoms with Gasteiger partial charge in [0, 0.05) is 30.4 Å². The first-order chi connectivity index (χ1) is 14.2. The SMILES string of the molecule is CS(=O)(=O)CCC(C#N)c1ccc(-n2cc(-c3ccnc(N)c3[N+](=O)[O-])cn2)nc1. The van der Waals surface area contributed by atoms with E-state index in [0.717, 1.165) is 6.26 Å². The summed E-state index contributed by atoms with van der Waals surface area (Å²) < 4.78 is 24.1. The first-order valence-corrected chi connectivity index (χ1v) is 10.7. The molecule has 11 nitrogen and oxygen atoms in total. The summed E-state index contributed by atoms with van der Waals surface area (Å²) in [5.41, 5.74) is 6.66. The van der Waals surface area contributed by atoms with Crippen LogP contribution in [-0.2, 0) is 9.84 Å². The molecule has 0 aliphatic carbocycles. The van der Waals surface area contributed by atoms with Crippen LogP contribution in [0, 0.1) is 21.4 Å². The molecule has 3 heterocycles. The van der Waals surface area contributed by atoms with E-state index in [1.165, 1.54) is 29.3 Å². The molecule has 0 fully saturated rings. The standard InChI is InChI=1S/C18H17N7O4S/c1-30(28,29)7-5-12(8-19)13-2-3-16(22-9-13)24-11-14(10-23-24)15-4-6-21-18(20)17(15)25(26)27/h2-4,6,9-12H,5,7H2,1H3,(H2,20,21). The number of nitriles is 1. The molecule has 3 aromatic heterocycles. The lowest BCUT2D eigenvalue weighted by Crippen LogP contribution is -2.08. The average molecular weight is 427 g/mol. The Labute approximate surface area is 171 Å². The quantitative estimate of drug-likeness (QED) is 0.436. The van der Waals surface area contributed by atoms with Crippen LogP contribution >= 0.6 is 0 Å². The van der Waals surface area contributed by atoms with Crippen LogP contribution < -0.4 is 5.73 Å². The van der Waals surface area contributed by atoms with Gasteiger partial charge < -0.3 is 5.73 Å². The second-order valence-corrected chi connectivity index (χ2v) is 8.83. The molecule has 0 radical (unpaired) electrons. The highest BCUT2D eigenvalue weighted by atomic mass is 32.2. The number of rotatable bonds is 7. The van der Waals surface area contributed by atoms with E-state index < -0.39 is 20.7 Å². The third kappa shape index (κ3) is 4.58. The van der Waals surface area contributed by atoms with Gasteiger partial charge in [0.05, 0.1) is 34.4 Å². The zero-order chi connectivity index (χ0) is 21.9. The van der Waals surface area contributed by atoms with Crippen LogP contribution in [-0.4, -0.2) is 45.1 Å². The third-order valence-electron chi connectivity index (χ3n) is 4.37. The third-order valence-corrected chi connectivity index (χ3v) is 5.35. The van der Waals surface area contributed by atoms with Crippen LogP contribution in [0.5, 0.6) is 0 Å². The van der Waals surface area contributed by atoms with Crippen LogP contribution in [0.2, 0.25) is 0 Å². The molecule has 0 spiro atoms. The molecule has 1 unspecified atom stereocenters. The van der Waals surface area contributed by atoms with Crippen molar-refractivity contribution < 1.29 is 13.3 Å². The zero-order valence-electron chi connectivity index (χ0n) is 15.8. The number of anilines is 1. The molecule has 154 valence electrons. The Morgan fingerprint density at radius 1 is 1.30 bits per heavy atom. The summed E-state index contributed by atoms with van der Waals surface area (Å²) in [5, 5.41) is 24.8. The van der Waals surface area contributed by atoms with Crippen molar-refractivity contribution >= 4 is 21.3 Å². The summed E-state index contributed by atoms with van der Waals surface area (Å²) >= 11 is 0. The predicted molar refractivity (Wildman–Crippen MR) is 108 cm³/mol. The maximum absolute atomic E-state index is 11.3. The summed E-state index contributed by atoms with van der Waals surface area (Å²) in [7, 11) is -3.17. The highest BCUT2D eigenvalue weighted by Crippen LogP contribution is 2.33. The number of nitrogens with two attached hydrogens (primary N) is 1. The van der Waals surface area contributed by atoms with E-state index in [9.17, 15) is 23.8 Å². The Morgan fingerprint density at radius 2 is 2.07 bits per heavy atom. The van der Waals surface area contributed by atoms with Gasteiger partial charge in [-0.1, -0.05) is 6.07 Å². The van der Waals surface area contributed by atoms with E-state index in [4.69, 9.17) is 5.73 Å². The van der Waals surface area contributed by atoms with Gasteiger partial charge >= 0.3 is 5.69 Å². The topological polar surface area (TPSA) is 171 Å². The molecule has 2 N–H and O–H groups in total. The van der Waals surface area contributed by atoms with E-state index in [1.54, 1.807) is 18.3 Å². The fraction of sp³-hybridized carbons (Fsp3) is 0.222. The Morgan fingerprint density at radius 3 is 2.67 bits per heavy atom. The molecular weight excluding hydrogens is 410 g/mol. The minimum absolute atomic E-state index is 0.0939. The maximum atomic E-state index is 11.3. The summed E-state index contributed by atoms with van der Waals surface area (Å²) in [6.45, 7) is 0. The lowest BCUT2D eigenvalue weighted by atomic mass is 10.00. The Bertz CT molecular complexity index is 1230. The molecule has 0 saturated carbocycles. The van der Waals surface area contributed by atoms with Crippen molar-refractivity contribution in [3.05, 3.63) is 58.7 Å². The number of pyridine rings is 2. The van der Waals surface area contributed by atoms with Crippen molar-refractivity contribution in [1.82, 2.24) is 19.7 Å². The van der Waals surface area contributed by atoms with Crippen molar-refractivity contribution in [1.29, 1.82) is 5.26 Å². The summed E-state index contributed by atoms with van der Waals surface area (Å²) in [5.74, 6) is -0.459. The molecule has 30 heavy (non-hydrogen) atoms. The lowest BCUT2D eigenvalue weighted by molar-refractivity contribution is -0.383. The minimum Gasteiger partial charge on any atom is -0.378 e. The normalized spacial score (nSPS) is 12.3. The van der Waals surface area contributed by atoms with E-state index in [2.05, 4.69) is 21.1 Å². The molecule has 0 aromatic carbocycles. The number of hydrogen-bond donors (Lipinski definition) is 1. The van der Waals surface area contributed by atoms with Gasteiger partial charge in [0.1, 0.15) is 9.84 Å². The molecule has 0 bridgehead atoms. The lowest BCUT2D eigenvalue weighted by Gasteiger charge is -2.09. The summed E-state index contributed by atoms with van der Waals surface area (Å²) in [6.07, 6.45) is 7.17. The van der Waals surface area contributed by atoms with Gasteiger partial charge in [-0.15, -0.1) is 0 Å². The molecular formula is C18H17N7O4S. The molecule has 12 heteroatoms. The van der Waals surface area contributed by atoms with E-state index in [0.29, 0.717) is 16.9 Å². The minimum atomic E-state index is -3.17. The highest BCUT2D eigenvalue weighted by Gasteiger charge is 2.21. The van der Waals surface area contributed by atoms with Crippen LogP contribution in [0.25, 0.3) is 16.9 Å². The van der Waals surface area contributed by atoms with Gasteiger partial charge in [-0.3, -0.25) is 10.1 Å². The Balaban J connectivity index is 1.86. The van der Waals surface area contributed by atoms with Crippen molar-refractivity contribution in [2.45, 2.75) is 12.3 Å². The fourth-order valence-electron chi connectivity index (χ4n) is 2.86. The van der Waals surface area contributed by atoms with E-state index >= 15 is 0 Å². The fourth-order valence-corrected chi connectivity index (χ4v) is 3.52. The van der Waals surface area contributed by atoms with Gasteiger partial charge in [0.15, 0.2) is 5.82 Å². The van der Waals surface area contributed by atoms with Gasteiger partial charge in [-0.05, 0) is 24.1 Å². The van der Waals surface area contributed by atoms with Crippen LogP contribution in [0.3, 0.4) is 0 Å². The molecule has 1 atom stereocenters. The second kappa shape index (κ2) is 8.26. The zero-order valence-corrected chi connectivity index (χ0v) is 16.7. The molecule has 0 amide bonds. The number of aromatic nitrogens is 4. The van der Waals surface area contributed by atoms with Gasteiger partial charge in [-0.2, -0.15) is 10.4 Å². The van der Waals surface area contributed by atoms with Crippen molar-refractivity contribution in [2.75, 3.05) is 17.7 Å². The Hall–Kier alpha value is -3.85. The maximum Gasteiger partial charge on any atom is 0.319 e. The van der Waals surface area contributed by atoms with E-state index in [-0.39, 0.29) is 29.2 Å². The average Bonchev–Trinajstić information content (AvgIpc) is 3.17. The molecule has 3 aromatic rings. The highest BCUT2D eigenvalue weighted by molar-refractivity contribution is 7.90. The largest absolute Gasteiger partial charge is 0.378 e. The number of nitrogens with zero attached hydrogens (tertiary/aromatic N) is 6. The number of nitro groups is 1. The van der Waals surface area contributed by atoms with Crippen LogP contribution in [0.1, 0.15) is 17.9 Å². The number of nitrogen functional groups attached to an aromatic ring is 1. The monoisotopic (exact) mass is 427 g/mol. The van der Waals surface area contributed by atoms with Crippen molar-refractivity contribution in [3.8, 4) is 23.0 Å². The van der Waals surface area contributed by atoms with Crippen molar-refractivity contribution in [2.24, 2.45) is 0 Å². The Kier molecular flexibility index (Phi) is 5.74. The molecule has 0 saturated heterocycles. The summed E-state index contributed by atoms with van der Waals surface area (Å²) in [4.78, 5) is 18.7. The van der Waals surface area contributed by atoms with E-state index in [1.807, 2.05) is 0 Å². The predicted octanol–water partition coefficient (Wildman–Crippen LogP) is 1.86.